The summed E-state index contributed by atoms with van der Waals surface area (Å²) in [7, 11) is -3.55. The van der Waals surface area contributed by atoms with Gasteiger partial charge in [0.05, 0.1) is 4.92 Å². The van der Waals surface area contributed by atoms with Gasteiger partial charge < -0.3 is 4.90 Å². The third-order valence-corrected chi connectivity index (χ3v) is 7.43. The maximum Gasteiger partial charge on any atom is 0.285 e. The maximum atomic E-state index is 12.7. The first-order valence-electron chi connectivity index (χ1n) is 8.38. The molecule has 1 fully saturated rings. The van der Waals surface area contributed by atoms with Crippen molar-refractivity contribution in [3.05, 3.63) is 57.0 Å². The summed E-state index contributed by atoms with van der Waals surface area (Å²) in [6, 6.07) is 7.63. The zero-order chi connectivity index (χ0) is 19.6. The number of nitro groups is 1. The van der Waals surface area contributed by atoms with Gasteiger partial charge in [0.2, 0.25) is 10.0 Å². The summed E-state index contributed by atoms with van der Waals surface area (Å²) in [5.41, 5.74) is 0.324. The van der Waals surface area contributed by atoms with Crippen molar-refractivity contribution < 1.29 is 18.1 Å². The summed E-state index contributed by atoms with van der Waals surface area (Å²) in [5, 5.41) is 13.0. The lowest BCUT2D eigenvalue weighted by Crippen LogP contribution is -2.46. The third-order valence-electron chi connectivity index (χ3n) is 4.51. The van der Waals surface area contributed by atoms with E-state index in [4.69, 9.17) is 0 Å². The van der Waals surface area contributed by atoms with Crippen molar-refractivity contribution in [1.82, 2.24) is 9.62 Å². The summed E-state index contributed by atoms with van der Waals surface area (Å²) in [6.45, 7) is 2.27. The number of piperidine rings is 1. The van der Waals surface area contributed by atoms with E-state index >= 15 is 0 Å². The second-order valence-electron chi connectivity index (χ2n) is 6.35. The van der Waals surface area contributed by atoms with Crippen molar-refractivity contribution in [2.75, 3.05) is 13.1 Å². The molecular weight excluding hydrogens is 390 g/mol. The number of aryl methyl sites for hydroxylation is 1. The highest BCUT2D eigenvalue weighted by molar-refractivity contribution is 7.91. The van der Waals surface area contributed by atoms with Crippen molar-refractivity contribution in [1.29, 1.82) is 0 Å². The zero-order valence-electron chi connectivity index (χ0n) is 14.6. The number of sulfonamides is 1. The molecule has 1 N–H and O–H groups in total. The third kappa shape index (κ3) is 4.18. The number of nitrogens with zero attached hydrogens (tertiary/aromatic N) is 2. The molecule has 27 heavy (non-hydrogen) atoms. The average Bonchev–Trinajstić information content (AvgIpc) is 3.16. The van der Waals surface area contributed by atoms with Crippen LogP contribution in [0.1, 0.15) is 28.8 Å². The molecule has 0 aliphatic carbocycles. The number of benzene rings is 1. The molecule has 0 radical (unpaired) electrons. The minimum Gasteiger partial charge on any atom is -0.338 e. The van der Waals surface area contributed by atoms with Gasteiger partial charge in [-0.25, -0.2) is 13.1 Å². The molecule has 1 aliphatic rings. The Balaban J connectivity index is 1.67. The molecule has 1 aromatic heterocycles. The number of thiophene rings is 1. The molecule has 1 saturated heterocycles. The predicted octanol–water partition coefficient (Wildman–Crippen LogP) is 2.55. The van der Waals surface area contributed by atoms with Gasteiger partial charge in [-0.3, -0.25) is 14.9 Å². The Morgan fingerprint density at radius 1 is 1.26 bits per heavy atom. The van der Waals surface area contributed by atoms with Gasteiger partial charge in [-0.1, -0.05) is 18.2 Å². The van der Waals surface area contributed by atoms with Gasteiger partial charge in [-0.05, 0) is 37.3 Å². The molecule has 0 bridgehead atoms. The van der Waals surface area contributed by atoms with Crippen LogP contribution in [0.4, 0.5) is 5.69 Å². The highest BCUT2D eigenvalue weighted by Crippen LogP contribution is 2.26. The number of nitro benzene ring substituents is 1. The fraction of sp³-hybridized carbons (Fsp3) is 0.353. The van der Waals surface area contributed by atoms with E-state index in [1.807, 2.05) is 0 Å². The predicted molar refractivity (Wildman–Crippen MR) is 101 cm³/mol. The summed E-state index contributed by atoms with van der Waals surface area (Å²) in [6.07, 6.45) is 0.909. The lowest BCUT2D eigenvalue weighted by molar-refractivity contribution is -0.385. The molecule has 0 unspecified atom stereocenters. The van der Waals surface area contributed by atoms with Crippen LogP contribution in [0.15, 0.2) is 39.9 Å². The minimum absolute atomic E-state index is 0.0672. The molecule has 2 heterocycles. The molecule has 0 atom stereocenters. The van der Waals surface area contributed by atoms with Gasteiger partial charge in [0.1, 0.15) is 9.77 Å². The highest BCUT2D eigenvalue weighted by atomic mass is 32.2. The summed E-state index contributed by atoms with van der Waals surface area (Å²) in [5.74, 6) is -0.398. The molecule has 3 rings (SSSR count). The minimum atomic E-state index is -3.55. The van der Waals surface area contributed by atoms with Crippen LogP contribution < -0.4 is 4.72 Å². The number of amides is 1. The molecule has 1 amide bonds. The number of nitrogens with one attached hydrogen (secondary N) is 1. The molecule has 144 valence electrons. The topological polar surface area (TPSA) is 110 Å². The zero-order valence-corrected chi connectivity index (χ0v) is 16.3. The fourth-order valence-corrected chi connectivity index (χ4v) is 5.45. The fourth-order valence-electron chi connectivity index (χ4n) is 3.14. The summed E-state index contributed by atoms with van der Waals surface area (Å²) >= 11 is 1.15. The SMILES string of the molecule is Cc1cccc(C(=O)N2CCC(NS(=O)(=O)c3cccs3)CC2)c1[N+](=O)[O-]. The van der Waals surface area contributed by atoms with Crippen LogP contribution in [0, 0.1) is 17.0 Å². The maximum absolute atomic E-state index is 12.7. The van der Waals surface area contributed by atoms with E-state index in [1.165, 1.54) is 11.0 Å². The number of para-hydroxylation sites is 1. The van der Waals surface area contributed by atoms with Gasteiger partial charge in [-0.2, -0.15) is 0 Å². The Hall–Kier alpha value is -2.30. The second-order valence-corrected chi connectivity index (χ2v) is 9.24. The van der Waals surface area contributed by atoms with E-state index in [-0.39, 0.29) is 21.5 Å². The molecule has 0 spiro atoms. The van der Waals surface area contributed by atoms with Gasteiger partial charge in [0.15, 0.2) is 0 Å². The van der Waals surface area contributed by atoms with Crippen LogP contribution in [0.3, 0.4) is 0 Å². The molecule has 10 heteroatoms. The van der Waals surface area contributed by atoms with Crippen molar-refractivity contribution in [2.24, 2.45) is 0 Å². The van der Waals surface area contributed by atoms with Crippen molar-refractivity contribution >= 4 is 33.0 Å². The summed E-state index contributed by atoms with van der Waals surface area (Å²) in [4.78, 5) is 25.1. The van der Waals surface area contributed by atoms with E-state index in [0.29, 0.717) is 31.5 Å². The van der Waals surface area contributed by atoms with E-state index in [1.54, 1.807) is 36.6 Å². The molecule has 1 aliphatic heterocycles. The van der Waals surface area contributed by atoms with Crippen molar-refractivity contribution in [3.8, 4) is 0 Å². The number of likely N-dealkylation sites (tertiary alicyclic amines) is 1. The van der Waals surface area contributed by atoms with Gasteiger partial charge in [0, 0.05) is 24.7 Å². The van der Waals surface area contributed by atoms with Crippen LogP contribution in [0.5, 0.6) is 0 Å². The summed E-state index contributed by atoms with van der Waals surface area (Å²) < 4.78 is 27.5. The van der Waals surface area contributed by atoms with Gasteiger partial charge >= 0.3 is 0 Å². The van der Waals surface area contributed by atoms with Gasteiger partial charge in [0.25, 0.3) is 11.6 Å². The van der Waals surface area contributed by atoms with Crippen molar-refractivity contribution in [3.63, 3.8) is 0 Å². The highest BCUT2D eigenvalue weighted by Gasteiger charge is 2.31. The van der Waals surface area contributed by atoms with Crippen LogP contribution in [-0.2, 0) is 10.0 Å². The normalized spacial score (nSPS) is 15.7. The Morgan fingerprint density at radius 3 is 2.56 bits per heavy atom. The Morgan fingerprint density at radius 2 is 1.96 bits per heavy atom. The first kappa shape index (κ1) is 19.5. The number of rotatable bonds is 5. The molecule has 0 saturated carbocycles. The van der Waals surface area contributed by atoms with Crippen LogP contribution in [0.2, 0.25) is 0 Å². The molecule has 8 nitrogen and oxygen atoms in total. The lowest BCUT2D eigenvalue weighted by atomic mass is 10.0. The Bertz CT molecular complexity index is 949. The largest absolute Gasteiger partial charge is 0.338 e. The van der Waals surface area contributed by atoms with Crippen LogP contribution >= 0.6 is 11.3 Å². The number of hydrogen-bond donors (Lipinski definition) is 1. The smallest absolute Gasteiger partial charge is 0.285 e. The molecule has 2 aromatic rings. The quantitative estimate of drug-likeness (QED) is 0.603. The van der Waals surface area contributed by atoms with E-state index in [2.05, 4.69) is 4.72 Å². The molecule has 1 aromatic carbocycles. The Kier molecular flexibility index (Phi) is 5.59. The number of carbonyl (C=O) groups is 1. The van der Waals surface area contributed by atoms with Crippen LogP contribution in [-0.4, -0.2) is 43.3 Å². The van der Waals surface area contributed by atoms with E-state index in [0.717, 1.165) is 11.3 Å². The number of carbonyl (C=O) groups excluding carboxylic acids is 1. The van der Waals surface area contributed by atoms with E-state index in [9.17, 15) is 23.3 Å². The standard InChI is InChI=1S/C17H19N3O5S2/c1-12-4-2-5-14(16(12)20(22)23)17(21)19-9-7-13(8-10-19)18-27(24,25)15-6-3-11-26-15/h2-6,11,13,18H,7-10H2,1H3. The molecular formula is C17H19N3O5S2. The Labute approximate surface area is 161 Å². The monoisotopic (exact) mass is 409 g/mol. The first-order valence-corrected chi connectivity index (χ1v) is 10.7. The average molecular weight is 409 g/mol. The first-order chi connectivity index (χ1) is 12.8. The van der Waals surface area contributed by atoms with Gasteiger partial charge in [-0.15, -0.1) is 11.3 Å². The lowest BCUT2D eigenvalue weighted by Gasteiger charge is -2.32. The number of hydrogen-bond acceptors (Lipinski definition) is 6. The van der Waals surface area contributed by atoms with Crippen LogP contribution in [0.25, 0.3) is 0 Å². The van der Waals surface area contributed by atoms with E-state index < -0.39 is 20.9 Å². The second kappa shape index (κ2) is 7.75. The van der Waals surface area contributed by atoms with Crippen molar-refractivity contribution in [2.45, 2.75) is 30.0 Å².